The maximum absolute atomic E-state index is 12.6. The first-order valence-electron chi connectivity index (χ1n) is 8.16. The molecule has 0 aliphatic rings. The molecule has 1 amide bonds. The van der Waals surface area contributed by atoms with Crippen LogP contribution in [-0.4, -0.2) is 10.5 Å². The van der Waals surface area contributed by atoms with Crippen LogP contribution in [0.5, 0.6) is 0 Å². The number of rotatable bonds is 4. The Morgan fingerprint density at radius 3 is 2.39 bits per heavy atom. The minimum atomic E-state index is -4.42. The first kappa shape index (κ1) is 19.7. The third kappa shape index (κ3) is 4.61. The number of nitrogens with one attached hydrogen (secondary N) is 1. The van der Waals surface area contributed by atoms with Crippen molar-refractivity contribution in [3.63, 3.8) is 0 Å². The molecule has 0 saturated heterocycles. The lowest BCUT2D eigenvalue weighted by atomic mass is 10.1. The van der Waals surface area contributed by atoms with Crippen molar-refractivity contribution in [1.29, 1.82) is 0 Å². The molecule has 4 nitrogen and oxygen atoms in total. The van der Waals surface area contributed by atoms with Gasteiger partial charge in [-0.2, -0.15) is 13.2 Å². The Labute approximate surface area is 163 Å². The van der Waals surface area contributed by atoms with Crippen molar-refractivity contribution in [1.82, 2.24) is 4.57 Å². The van der Waals surface area contributed by atoms with Crippen molar-refractivity contribution in [3.8, 4) is 0 Å². The minimum absolute atomic E-state index is 0.0370. The third-order valence-electron chi connectivity index (χ3n) is 3.98. The highest BCUT2D eigenvalue weighted by Gasteiger charge is 2.29. The minimum Gasteiger partial charge on any atom is -0.322 e. The van der Waals surface area contributed by atoms with Crippen molar-refractivity contribution in [2.75, 3.05) is 5.32 Å². The fraction of sp³-hybridized carbons (Fsp3) is 0.100. The molecule has 0 aliphatic heterocycles. The summed E-state index contributed by atoms with van der Waals surface area (Å²) >= 11 is 5.87. The van der Waals surface area contributed by atoms with Gasteiger partial charge in [-0.15, -0.1) is 0 Å². The number of hydrogen-bond acceptors (Lipinski definition) is 2. The number of halogens is 4. The van der Waals surface area contributed by atoms with Crippen LogP contribution < -0.4 is 10.9 Å². The van der Waals surface area contributed by atoms with Gasteiger partial charge < -0.3 is 9.88 Å². The Balaban J connectivity index is 1.81. The number of nitrogens with zero attached hydrogens (tertiary/aromatic N) is 1. The molecule has 0 aliphatic carbocycles. The van der Waals surface area contributed by atoms with Crippen molar-refractivity contribution >= 4 is 23.2 Å². The summed E-state index contributed by atoms with van der Waals surface area (Å²) in [5.41, 5.74) is -0.466. The van der Waals surface area contributed by atoms with E-state index in [0.717, 1.165) is 12.1 Å². The van der Waals surface area contributed by atoms with E-state index in [1.54, 1.807) is 24.3 Å². The maximum atomic E-state index is 12.6. The molecule has 1 N–H and O–H groups in total. The normalized spacial score (nSPS) is 11.3. The summed E-state index contributed by atoms with van der Waals surface area (Å²) in [7, 11) is 0. The summed E-state index contributed by atoms with van der Waals surface area (Å²) < 4.78 is 39.2. The summed E-state index contributed by atoms with van der Waals surface area (Å²) in [6.45, 7) is 0.0370. The maximum Gasteiger partial charge on any atom is 0.416 e. The highest BCUT2D eigenvalue weighted by molar-refractivity contribution is 6.30. The molecule has 28 heavy (non-hydrogen) atoms. The third-order valence-corrected chi connectivity index (χ3v) is 4.22. The molecule has 0 fully saturated rings. The van der Waals surface area contributed by atoms with Crippen LogP contribution in [0.4, 0.5) is 18.9 Å². The molecule has 144 valence electrons. The number of aromatic nitrogens is 1. The smallest absolute Gasteiger partial charge is 0.322 e. The molecule has 3 rings (SSSR count). The van der Waals surface area contributed by atoms with Crippen molar-refractivity contribution in [2.24, 2.45) is 0 Å². The molecule has 3 aromatic rings. The van der Waals surface area contributed by atoms with Crippen LogP contribution in [0.25, 0.3) is 0 Å². The predicted molar refractivity (Wildman–Crippen MR) is 101 cm³/mol. The molecule has 0 radical (unpaired) electrons. The quantitative estimate of drug-likeness (QED) is 0.675. The summed E-state index contributed by atoms with van der Waals surface area (Å²) in [6, 6.07) is 13.9. The second-order valence-electron chi connectivity index (χ2n) is 6.01. The molecular weight excluding hydrogens is 393 g/mol. The molecule has 0 spiro atoms. The van der Waals surface area contributed by atoms with Gasteiger partial charge in [0.1, 0.15) is 5.56 Å². The van der Waals surface area contributed by atoms with Gasteiger partial charge in [0, 0.05) is 16.9 Å². The number of pyridine rings is 1. The highest BCUT2D eigenvalue weighted by Crippen LogP contribution is 2.29. The van der Waals surface area contributed by atoms with Gasteiger partial charge in [0.25, 0.3) is 11.5 Å². The van der Waals surface area contributed by atoms with Crippen molar-refractivity contribution in [2.45, 2.75) is 12.7 Å². The summed E-state index contributed by atoms with van der Waals surface area (Å²) in [5, 5.41) is 3.03. The second-order valence-corrected chi connectivity index (χ2v) is 6.45. The molecule has 0 saturated carbocycles. The Kier molecular flexibility index (Phi) is 5.56. The van der Waals surface area contributed by atoms with Gasteiger partial charge in [-0.05, 0) is 48.0 Å². The van der Waals surface area contributed by atoms with E-state index in [1.807, 2.05) is 0 Å². The van der Waals surface area contributed by atoms with Gasteiger partial charge >= 0.3 is 6.18 Å². The Morgan fingerprint density at radius 1 is 1.04 bits per heavy atom. The van der Waals surface area contributed by atoms with Crippen LogP contribution in [0.3, 0.4) is 0 Å². The van der Waals surface area contributed by atoms with E-state index in [-0.39, 0.29) is 12.1 Å². The van der Waals surface area contributed by atoms with Gasteiger partial charge in [-0.25, -0.2) is 0 Å². The van der Waals surface area contributed by atoms with Crippen molar-refractivity contribution in [3.05, 3.63) is 98.9 Å². The average molecular weight is 407 g/mol. The Morgan fingerprint density at radius 2 is 1.75 bits per heavy atom. The predicted octanol–water partition coefficient (Wildman–Crippen LogP) is 4.82. The SMILES string of the molecule is O=C(Nc1cccc(Cl)c1)c1cccn(Cc2ccc(C(F)(F)F)cc2)c1=O. The van der Waals surface area contributed by atoms with Crippen LogP contribution >= 0.6 is 11.6 Å². The number of carbonyl (C=O) groups is 1. The monoisotopic (exact) mass is 406 g/mol. The van der Waals surface area contributed by atoms with Gasteiger partial charge in [0.2, 0.25) is 0 Å². The molecule has 0 bridgehead atoms. The lowest BCUT2D eigenvalue weighted by Crippen LogP contribution is -2.29. The van der Waals surface area contributed by atoms with Gasteiger partial charge in [-0.3, -0.25) is 9.59 Å². The number of anilines is 1. The lowest BCUT2D eigenvalue weighted by molar-refractivity contribution is -0.137. The molecule has 8 heteroatoms. The van der Waals surface area contributed by atoms with E-state index in [9.17, 15) is 22.8 Å². The standard InChI is InChI=1S/C20H14ClF3N2O2/c21-15-3-1-4-16(11-15)25-18(27)17-5-2-10-26(19(17)28)12-13-6-8-14(9-7-13)20(22,23)24/h1-11H,12H2,(H,25,27). The van der Waals surface area contributed by atoms with Crippen LogP contribution in [0.15, 0.2) is 71.7 Å². The van der Waals surface area contributed by atoms with E-state index in [2.05, 4.69) is 5.32 Å². The summed E-state index contributed by atoms with van der Waals surface area (Å²) in [4.78, 5) is 25.0. The molecule has 1 heterocycles. The number of benzene rings is 2. The van der Waals surface area contributed by atoms with Crippen LogP contribution in [-0.2, 0) is 12.7 Å². The molecule has 1 aromatic heterocycles. The Hall–Kier alpha value is -3.06. The average Bonchev–Trinajstić information content (AvgIpc) is 2.63. The zero-order chi connectivity index (χ0) is 20.3. The highest BCUT2D eigenvalue weighted by atomic mass is 35.5. The zero-order valence-corrected chi connectivity index (χ0v) is 15.1. The van der Waals surface area contributed by atoms with E-state index in [1.165, 1.54) is 35.0 Å². The van der Waals surface area contributed by atoms with Crippen LogP contribution in [0, 0.1) is 0 Å². The van der Waals surface area contributed by atoms with Gasteiger partial charge in [-0.1, -0.05) is 29.8 Å². The summed E-state index contributed by atoms with van der Waals surface area (Å²) in [5.74, 6) is -0.603. The molecule has 0 atom stereocenters. The van der Waals surface area contributed by atoms with E-state index < -0.39 is 23.2 Å². The number of alkyl halides is 3. The van der Waals surface area contributed by atoms with Crippen LogP contribution in [0.1, 0.15) is 21.5 Å². The lowest BCUT2D eigenvalue weighted by Gasteiger charge is -2.10. The first-order chi connectivity index (χ1) is 13.2. The number of amides is 1. The van der Waals surface area contributed by atoms with E-state index in [0.29, 0.717) is 16.3 Å². The topological polar surface area (TPSA) is 51.1 Å². The zero-order valence-electron chi connectivity index (χ0n) is 14.3. The van der Waals surface area contributed by atoms with E-state index >= 15 is 0 Å². The molecule has 2 aromatic carbocycles. The molecule has 0 unspecified atom stereocenters. The second kappa shape index (κ2) is 7.90. The fourth-order valence-electron chi connectivity index (χ4n) is 2.59. The van der Waals surface area contributed by atoms with Crippen molar-refractivity contribution < 1.29 is 18.0 Å². The number of hydrogen-bond donors (Lipinski definition) is 1. The fourth-order valence-corrected chi connectivity index (χ4v) is 2.78. The first-order valence-corrected chi connectivity index (χ1v) is 8.54. The van der Waals surface area contributed by atoms with E-state index in [4.69, 9.17) is 11.6 Å². The summed E-state index contributed by atoms with van der Waals surface area (Å²) in [6.07, 6.45) is -2.95. The Bertz CT molecular complexity index is 1060. The van der Waals surface area contributed by atoms with Crippen LogP contribution in [0.2, 0.25) is 5.02 Å². The van der Waals surface area contributed by atoms with Gasteiger partial charge in [0.05, 0.1) is 12.1 Å². The number of carbonyl (C=O) groups excluding carboxylic acids is 1. The van der Waals surface area contributed by atoms with Gasteiger partial charge in [0.15, 0.2) is 0 Å². The molecular formula is C20H14ClF3N2O2. The largest absolute Gasteiger partial charge is 0.416 e.